The molecule has 0 bridgehead atoms. The second-order valence-electron chi connectivity index (χ2n) is 4.06. The fourth-order valence-electron chi connectivity index (χ4n) is 1.47. The van der Waals surface area contributed by atoms with Gasteiger partial charge >= 0.3 is 0 Å². The summed E-state index contributed by atoms with van der Waals surface area (Å²) in [7, 11) is 3.99. The van der Waals surface area contributed by atoms with Gasteiger partial charge in [-0.3, -0.25) is 0 Å². The maximum Gasteiger partial charge on any atom is 0.0647 e. The molecule has 118 valence electrons. The molecule has 0 radical (unpaired) electrons. The van der Waals surface area contributed by atoms with E-state index in [1.165, 1.54) is 29.5 Å². The van der Waals surface area contributed by atoms with Crippen molar-refractivity contribution in [3.05, 3.63) is 48.7 Å². The van der Waals surface area contributed by atoms with E-state index in [1.54, 1.807) is 13.3 Å². The van der Waals surface area contributed by atoms with Crippen molar-refractivity contribution in [1.29, 1.82) is 0 Å². The van der Waals surface area contributed by atoms with Gasteiger partial charge in [0.25, 0.3) is 0 Å². The van der Waals surface area contributed by atoms with Gasteiger partial charge in [-0.2, -0.15) is 0 Å². The van der Waals surface area contributed by atoms with E-state index in [4.69, 9.17) is 4.74 Å². The maximum absolute atomic E-state index is 5.05. The van der Waals surface area contributed by atoms with Crippen LogP contribution in [0.3, 0.4) is 0 Å². The van der Waals surface area contributed by atoms with Crippen LogP contribution in [0, 0.1) is 6.07 Å². The first-order valence-corrected chi connectivity index (χ1v) is 9.99. The molecule has 2 atom stereocenters. The molecular weight excluding hydrogens is 479 g/mol. The smallest absolute Gasteiger partial charge is 0.0647 e. The Labute approximate surface area is 146 Å². The summed E-state index contributed by atoms with van der Waals surface area (Å²) in [4.78, 5) is 4.23. The molecule has 2 aromatic rings. The fraction of sp³-hybridized carbons (Fsp3) is 0.312. The third kappa shape index (κ3) is 8.67. The quantitative estimate of drug-likeness (QED) is 0.349. The Balaban J connectivity index is 0.000000495. The summed E-state index contributed by atoms with van der Waals surface area (Å²) in [5, 5.41) is 0. The number of aromatic nitrogens is 1. The molecule has 0 saturated heterocycles. The topological polar surface area (TPSA) is 22.1 Å². The molecule has 1 aromatic carbocycles. The Morgan fingerprint density at radius 2 is 1.81 bits per heavy atom. The Bertz CT molecular complexity index is 461. The number of rotatable bonds is 5. The zero-order chi connectivity index (χ0) is 14.6. The maximum atomic E-state index is 5.05. The molecule has 21 heavy (non-hydrogen) atoms. The van der Waals surface area contributed by atoms with E-state index >= 15 is 0 Å². The van der Waals surface area contributed by atoms with Crippen LogP contribution in [0.4, 0.5) is 0 Å². The zero-order valence-corrected chi connectivity index (χ0v) is 16.9. The van der Waals surface area contributed by atoms with Crippen LogP contribution < -0.4 is 4.74 Å². The number of nitrogens with zero attached hydrogens (tertiary/aromatic N) is 1. The zero-order valence-electron chi connectivity index (χ0n) is 12.6. The van der Waals surface area contributed by atoms with E-state index in [9.17, 15) is 0 Å². The number of methoxy groups -OCH3 is 1. The fourth-order valence-corrected chi connectivity index (χ4v) is 3.47. The molecule has 1 heterocycles. The van der Waals surface area contributed by atoms with Crippen molar-refractivity contribution in [2.24, 2.45) is 0 Å². The molecule has 0 N–H and O–H groups in total. The number of hydrogen-bond donors (Lipinski definition) is 0. The van der Waals surface area contributed by atoms with Gasteiger partial charge < -0.3 is 9.72 Å². The summed E-state index contributed by atoms with van der Waals surface area (Å²) in [5.41, 5.74) is 1.90. The van der Waals surface area contributed by atoms with Crippen LogP contribution in [0.2, 0.25) is 0 Å². The first-order chi connectivity index (χ1) is 9.81. The van der Waals surface area contributed by atoms with Gasteiger partial charge in [0.05, 0.1) is 7.11 Å². The average Bonchev–Trinajstić information content (AvgIpc) is 2.54. The van der Waals surface area contributed by atoms with Crippen LogP contribution in [0.25, 0.3) is 11.3 Å². The Morgan fingerprint density at radius 1 is 1.10 bits per heavy atom. The molecule has 0 aliphatic carbocycles. The van der Waals surface area contributed by atoms with Gasteiger partial charge in [-0.05, 0) is 37.4 Å². The summed E-state index contributed by atoms with van der Waals surface area (Å²) in [6, 6.07) is 14.6. The molecule has 0 amide bonds. The number of pyridine rings is 1. The Hall–Kier alpha value is -0.282. The SMILES string of the molecule is COc1c[c-]c(-c2ccccn2)cc1.CPCCPC.[Pt]. The van der Waals surface area contributed by atoms with E-state index in [0.717, 1.165) is 17.0 Å². The second-order valence-corrected chi connectivity index (χ2v) is 6.48. The van der Waals surface area contributed by atoms with Gasteiger partial charge in [-0.25, -0.2) is 0 Å². The van der Waals surface area contributed by atoms with E-state index in [2.05, 4.69) is 24.4 Å². The van der Waals surface area contributed by atoms with Gasteiger partial charge in [0.2, 0.25) is 0 Å². The van der Waals surface area contributed by atoms with Crippen LogP contribution in [0.15, 0.2) is 42.6 Å². The summed E-state index contributed by atoms with van der Waals surface area (Å²) >= 11 is 0. The van der Waals surface area contributed by atoms with E-state index in [0.29, 0.717) is 0 Å². The van der Waals surface area contributed by atoms with Crippen molar-refractivity contribution < 1.29 is 25.8 Å². The van der Waals surface area contributed by atoms with Gasteiger partial charge in [0, 0.05) is 33.0 Å². The van der Waals surface area contributed by atoms with Crippen LogP contribution in [0.5, 0.6) is 5.75 Å². The van der Waals surface area contributed by atoms with Crippen LogP contribution in [-0.2, 0) is 21.1 Å². The van der Waals surface area contributed by atoms with Crippen molar-refractivity contribution in [1.82, 2.24) is 4.98 Å². The molecular formula is C16H22NOP2Pt-. The van der Waals surface area contributed by atoms with Gasteiger partial charge in [-0.1, -0.05) is 12.1 Å². The minimum atomic E-state index is 0. The number of benzene rings is 1. The molecule has 0 fully saturated rings. The summed E-state index contributed by atoms with van der Waals surface area (Å²) < 4.78 is 5.05. The monoisotopic (exact) mass is 501 g/mol. The van der Waals surface area contributed by atoms with E-state index < -0.39 is 0 Å². The minimum absolute atomic E-state index is 0. The van der Waals surface area contributed by atoms with Crippen molar-refractivity contribution >= 4 is 17.2 Å². The third-order valence-corrected chi connectivity index (χ3v) is 4.59. The normalized spacial score (nSPS) is 10.2. The predicted molar refractivity (Wildman–Crippen MR) is 93.3 cm³/mol. The molecule has 2 unspecified atom stereocenters. The van der Waals surface area contributed by atoms with Crippen LogP contribution in [0.1, 0.15) is 0 Å². The number of ether oxygens (including phenoxy) is 1. The molecule has 5 heteroatoms. The van der Waals surface area contributed by atoms with Crippen molar-refractivity contribution in [2.75, 3.05) is 32.8 Å². The molecule has 0 aliphatic rings. The first kappa shape index (κ1) is 20.7. The van der Waals surface area contributed by atoms with Crippen molar-refractivity contribution in [3.8, 4) is 17.0 Å². The minimum Gasteiger partial charge on any atom is -0.540 e. The molecule has 1 aromatic heterocycles. The van der Waals surface area contributed by atoms with Crippen molar-refractivity contribution in [3.63, 3.8) is 0 Å². The summed E-state index contributed by atoms with van der Waals surface area (Å²) in [6.45, 7) is 4.53. The largest absolute Gasteiger partial charge is 0.540 e. The first-order valence-electron chi connectivity index (χ1n) is 6.58. The molecule has 2 rings (SSSR count). The average molecular weight is 501 g/mol. The van der Waals surface area contributed by atoms with Gasteiger partial charge in [0.1, 0.15) is 0 Å². The number of hydrogen-bond acceptors (Lipinski definition) is 2. The predicted octanol–water partition coefficient (Wildman–Crippen LogP) is 4.16. The molecule has 0 spiro atoms. The Kier molecular flexibility index (Phi) is 13.2. The van der Waals surface area contributed by atoms with Crippen LogP contribution >= 0.6 is 17.2 Å². The molecule has 0 saturated carbocycles. The summed E-state index contributed by atoms with van der Waals surface area (Å²) in [6.07, 6.45) is 4.68. The second kappa shape index (κ2) is 13.4. The van der Waals surface area contributed by atoms with E-state index in [1.807, 2.05) is 36.4 Å². The van der Waals surface area contributed by atoms with Crippen molar-refractivity contribution in [2.45, 2.75) is 0 Å². The summed E-state index contributed by atoms with van der Waals surface area (Å²) in [5.74, 6) is 0.810. The van der Waals surface area contributed by atoms with Crippen LogP contribution in [-0.4, -0.2) is 37.7 Å². The van der Waals surface area contributed by atoms with Gasteiger partial charge in [-0.15, -0.1) is 47.0 Å². The molecule has 0 aliphatic heterocycles. The van der Waals surface area contributed by atoms with Gasteiger partial charge in [0.15, 0.2) is 0 Å². The van der Waals surface area contributed by atoms with E-state index in [-0.39, 0.29) is 21.1 Å². The standard InChI is InChI=1S/C12H10NO.C4H12P2.Pt/c1-14-11-7-5-10(6-8-11)12-4-2-3-9-13-12;1-5-3-4-6-2;/h2-5,7-9H,1H3;5-6H,3-4H2,1-2H3;/q-1;;. The Morgan fingerprint density at radius 3 is 2.24 bits per heavy atom. The third-order valence-electron chi connectivity index (χ3n) is 2.59. The molecule has 2 nitrogen and oxygen atoms in total.